The molecule has 1 amide bonds. The van der Waals surface area contributed by atoms with Crippen LogP contribution in [0.5, 0.6) is 0 Å². The summed E-state index contributed by atoms with van der Waals surface area (Å²) in [7, 11) is 0. The average molecular weight is 212 g/mol. The molecule has 0 aromatic carbocycles. The van der Waals surface area contributed by atoms with E-state index in [2.05, 4.69) is 10.6 Å². The number of hydrogen-bond donors (Lipinski definition) is 2. The van der Waals surface area contributed by atoms with E-state index in [9.17, 15) is 4.79 Å². The molecule has 0 aliphatic carbocycles. The molecule has 4 nitrogen and oxygen atoms in total. The number of carbonyl (C=O) groups excluding carboxylic acids is 1. The topological polar surface area (TPSA) is 50.4 Å². The predicted molar refractivity (Wildman–Crippen MR) is 57.6 cm³/mol. The summed E-state index contributed by atoms with van der Waals surface area (Å²) in [6, 6.07) is 0.296. The van der Waals surface area contributed by atoms with Crippen molar-refractivity contribution in [1.29, 1.82) is 0 Å². The molecule has 2 heterocycles. The Balaban J connectivity index is 1.76. The minimum absolute atomic E-state index is 0.0844. The molecule has 0 saturated carbocycles. The predicted octanol–water partition coefficient (Wildman–Crippen LogP) is 0.424. The summed E-state index contributed by atoms with van der Waals surface area (Å²) in [6.45, 7) is 2.71. The van der Waals surface area contributed by atoms with Crippen LogP contribution in [-0.2, 0) is 9.53 Å². The number of rotatable bonds is 2. The number of amides is 1. The van der Waals surface area contributed by atoms with Gasteiger partial charge >= 0.3 is 0 Å². The fourth-order valence-corrected chi connectivity index (χ4v) is 2.22. The lowest BCUT2D eigenvalue weighted by Crippen LogP contribution is -2.45. The lowest BCUT2D eigenvalue weighted by atomic mass is 10.1. The van der Waals surface area contributed by atoms with E-state index in [0.29, 0.717) is 6.04 Å². The molecule has 2 aliphatic rings. The Hall–Kier alpha value is -0.610. The average Bonchev–Trinajstić information content (AvgIpc) is 2.65. The van der Waals surface area contributed by atoms with E-state index in [1.807, 2.05) is 0 Å². The Morgan fingerprint density at radius 3 is 3.00 bits per heavy atom. The molecule has 2 N–H and O–H groups in total. The summed E-state index contributed by atoms with van der Waals surface area (Å²) in [5, 5.41) is 6.41. The molecule has 86 valence electrons. The first-order chi connectivity index (χ1) is 7.36. The van der Waals surface area contributed by atoms with Crippen molar-refractivity contribution in [3.8, 4) is 0 Å². The second-order valence-electron chi connectivity index (χ2n) is 4.41. The van der Waals surface area contributed by atoms with Crippen LogP contribution in [0.25, 0.3) is 0 Å². The fourth-order valence-electron chi connectivity index (χ4n) is 2.22. The lowest BCUT2D eigenvalue weighted by Gasteiger charge is -2.18. The van der Waals surface area contributed by atoms with E-state index in [-0.39, 0.29) is 12.0 Å². The van der Waals surface area contributed by atoms with Gasteiger partial charge in [0.05, 0.1) is 0 Å². The van der Waals surface area contributed by atoms with Crippen molar-refractivity contribution in [2.75, 3.05) is 19.7 Å². The summed E-state index contributed by atoms with van der Waals surface area (Å²) in [6.07, 6.45) is 5.21. The molecule has 0 spiro atoms. The number of hydrogen-bond acceptors (Lipinski definition) is 3. The fraction of sp³-hybridized carbons (Fsp3) is 0.909. The van der Waals surface area contributed by atoms with Gasteiger partial charge in [-0.1, -0.05) is 6.42 Å². The molecule has 2 fully saturated rings. The zero-order valence-corrected chi connectivity index (χ0v) is 9.13. The van der Waals surface area contributed by atoms with E-state index < -0.39 is 0 Å². The molecular formula is C11H20N2O2. The van der Waals surface area contributed by atoms with E-state index in [4.69, 9.17) is 4.74 Å². The van der Waals surface area contributed by atoms with Crippen LogP contribution >= 0.6 is 0 Å². The molecule has 1 unspecified atom stereocenters. The summed E-state index contributed by atoms with van der Waals surface area (Å²) >= 11 is 0. The number of carbonyl (C=O) groups is 1. The maximum absolute atomic E-state index is 11.8. The third kappa shape index (κ3) is 3.18. The van der Waals surface area contributed by atoms with Crippen LogP contribution in [0.2, 0.25) is 0 Å². The van der Waals surface area contributed by atoms with E-state index in [1.54, 1.807) is 0 Å². The number of ether oxygens (including phenoxy) is 1. The highest BCUT2D eigenvalue weighted by Gasteiger charge is 2.25. The SMILES string of the molecule is O=C(NC1CCCCNC1)[C@@H]1CCCO1. The minimum Gasteiger partial charge on any atom is -0.368 e. The Bertz CT molecular complexity index is 207. The second-order valence-corrected chi connectivity index (χ2v) is 4.41. The molecular weight excluding hydrogens is 192 g/mol. The van der Waals surface area contributed by atoms with Gasteiger partial charge in [-0.25, -0.2) is 0 Å². The van der Waals surface area contributed by atoms with Crippen LogP contribution in [0.1, 0.15) is 32.1 Å². The Labute approximate surface area is 90.8 Å². The molecule has 0 aromatic heterocycles. The minimum atomic E-state index is -0.187. The third-order valence-corrected chi connectivity index (χ3v) is 3.12. The molecule has 0 bridgehead atoms. The van der Waals surface area contributed by atoms with E-state index >= 15 is 0 Å². The van der Waals surface area contributed by atoms with Crippen molar-refractivity contribution in [3.63, 3.8) is 0 Å². The van der Waals surface area contributed by atoms with Crippen molar-refractivity contribution >= 4 is 5.91 Å². The highest BCUT2D eigenvalue weighted by atomic mass is 16.5. The first-order valence-corrected chi connectivity index (χ1v) is 5.99. The van der Waals surface area contributed by atoms with Gasteiger partial charge in [0, 0.05) is 19.2 Å². The Morgan fingerprint density at radius 1 is 1.27 bits per heavy atom. The Kier molecular flexibility index (Phi) is 3.97. The van der Waals surface area contributed by atoms with Crippen LogP contribution in [-0.4, -0.2) is 37.7 Å². The molecule has 2 atom stereocenters. The summed E-state index contributed by atoms with van der Waals surface area (Å²) in [5.41, 5.74) is 0. The molecule has 2 aliphatic heterocycles. The van der Waals surface area contributed by atoms with Crippen LogP contribution in [0, 0.1) is 0 Å². The van der Waals surface area contributed by atoms with Gasteiger partial charge in [-0.05, 0) is 32.2 Å². The molecule has 2 saturated heterocycles. The largest absolute Gasteiger partial charge is 0.368 e. The summed E-state index contributed by atoms with van der Waals surface area (Å²) in [5.74, 6) is 0.0844. The standard InChI is InChI=1S/C11H20N2O2/c14-11(10-5-3-7-15-10)13-9-4-1-2-6-12-8-9/h9-10,12H,1-8H2,(H,13,14)/t9?,10-/m0/s1. The van der Waals surface area contributed by atoms with Gasteiger partial charge in [-0.15, -0.1) is 0 Å². The molecule has 15 heavy (non-hydrogen) atoms. The summed E-state index contributed by atoms with van der Waals surface area (Å²) < 4.78 is 5.36. The molecule has 0 radical (unpaired) electrons. The highest BCUT2D eigenvalue weighted by Crippen LogP contribution is 2.13. The molecule has 4 heteroatoms. The maximum Gasteiger partial charge on any atom is 0.249 e. The van der Waals surface area contributed by atoms with Gasteiger partial charge in [0.15, 0.2) is 0 Å². The van der Waals surface area contributed by atoms with Crippen molar-refractivity contribution in [2.45, 2.75) is 44.2 Å². The first-order valence-electron chi connectivity index (χ1n) is 5.99. The van der Waals surface area contributed by atoms with Gasteiger partial charge in [-0.3, -0.25) is 4.79 Å². The Morgan fingerprint density at radius 2 is 2.20 bits per heavy atom. The highest BCUT2D eigenvalue weighted by molar-refractivity contribution is 5.81. The van der Waals surface area contributed by atoms with Crippen LogP contribution in [0.3, 0.4) is 0 Å². The van der Waals surface area contributed by atoms with Gasteiger partial charge in [0.25, 0.3) is 0 Å². The third-order valence-electron chi connectivity index (χ3n) is 3.12. The smallest absolute Gasteiger partial charge is 0.249 e. The zero-order chi connectivity index (χ0) is 10.5. The van der Waals surface area contributed by atoms with Gasteiger partial charge in [0.1, 0.15) is 6.10 Å². The zero-order valence-electron chi connectivity index (χ0n) is 9.13. The molecule has 2 rings (SSSR count). The van der Waals surface area contributed by atoms with Gasteiger partial charge in [-0.2, -0.15) is 0 Å². The van der Waals surface area contributed by atoms with E-state index in [1.165, 1.54) is 12.8 Å². The number of nitrogens with one attached hydrogen (secondary N) is 2. The molecule has 0 aromatic rings. The van der Waals surface area contributed by atoms with Crippen LogP contribution < -0.4 is 10.6 Å². The van der Waals surface area contributed by atoms with Crippen LogP contribution in [0.15, 0.2) is 0 Å². The summed E-state index contributed by atoms with van der Waals surface area (Å²) in [4.78, 5) is 11.8. The van der Waals surface area contributed by atoms with Gasteiger partial charge < -0.3 is 15.4 Å². The maximum atomic E-state index is 11.8. The van der Waals surface area contributed by atoms with Crippen molar-refractivity contribution < 1.29 is 9.53 Å². The lowest BCUT2D eigenvalue weighted by molar-refractivity contribution is -0.130. The van der Waals surface area contributed by atoms with Gasteiger partial charge in [0.2, 0.25) is 5.91 Å². The quantitative estimate of drug-likeness (QED) is 0.697. The second kappa shape index (κ2) is 5.47. The first kappa shape index (κ1) is 10.9. The van der Waals surface area contributed by atoms with Crippen molar-refractivity contribution in [3.05, 3.63) is 0 Å². The monoisotopic (exact) mass is 212 g/mol. The van der Waals surface area contributed by atoms with Crippen molar-refractivity contribution in [2.24, 2.45) is 0 Å². The normalized spacial score (nSPS) is 32.3. The van der Waals surface area contributed by atoms with Crippen molar-refractivity contribution in [1.82, 2.24) is 10.6 Å². The van der Waals surface area contributed by atoms with Crippen LogP contribution in [0.4, 0.5) is 0 Å². The van der Waals surface area contributed by atoms with E-state index in [0.717, 1.165) is 39.0 Å².